The number of anilines is 1. The van der Waals surface area contributed by atoms with E-state index in [1.165, 1.54) is 12.1 Å². The topological polar surface area (TPSA) is 59.1 Å². The number of pyridine rings is 1. The van der Waals surface area contributed by atoms with Crippen molar-refractivity contribution in [3.05, 3.63) is 35.5 Å². The van der Waals surface area contributed by atoms with Gasteiger partial charge in [-0.25, -0.2) is 0 Å². The van der Waals surface area contributed by atoms with Crippen LogP contribution in [0.15, 0.2) is 24.4 Å². The summed E-state index contributed by atoms with van der Waals surface area (Å²) < 4.78 is 38.2. The third-order valence-electron chi connectivity index (χ3n) is 2.51. The largest absolute Gasteiger partial charge is 0.418 e. The van der Waals surface area contributed by atoms with E-state index in [-0.39, 0.29) is 22.2 Å². The van der Waals surface area contributed by atoms with Crippen molar-refractivity contribution in [2.75, 3.05) is 5.73 Å². The molecule has 0 spiro atoms. The number of hydrogen-bond acceptors (Lipinski definition) is 3. The molecule has 1 aromatic carbocycles. The van der Waals surface area contributed by atoms with Gasteiger partial charge < -0.3 is 10.8 Å². The summed E-state index contributed by atoms with van der Waals surface area (Å²) in [4.78, 5) is 3.70. The monoisotopic (exact) mass is 242 g/mol. The zero-order valence-corrected chi connectivity index (χ0v) is 8.62. The van der Waals surface area contributed by atoms with Gasteiger partial charge in [0, 0.05) is 10.9 Å². The molecule has 0 fully saturated rings. The van der Waals surface area contributed by atoms with Gasteiger partial charge in [-0.15, -0.1) is 0 Å². The molecule has 0 amide bonds. The van der Waals surface area contributed by atoms with E-state index in [4.69, 9.17) is 10.8 Å². The summed E-state index contributed by atoms with van der Waals surface area (Å²) in [6.45, 7) is -0.424. The number of aromatic nitrogens is 1. The fraction of sp³-hybridized carbons (Fsp3) is 0.182. The van der Waals surface area contributed by atoms with Crippen molar-refractivity contribution < 1.29 is 18.3 Å². The molecule has 1 heterocycles. The van der Waals surface area contributed by atoms with Crippen molar-refractivity contribution in [1.82, 2.24) is 4.98 Å². The number of hydrogen-bond donors (Lipinski definition) is 2. The van der Waals surface area contributed by atoms with Gasteiger partial charge in [0.1, 0.15) is 0 Å². The van der Waals surface area contributed by atoms with Crippen molar-refractivity contribution in [1.29, 1.82) is 0 Å². The molecule has 90 valence electrons. The van der Waals surface area contributed by atoms with Crippen LogP contribution in [0.3, 0.4) is 0 Å². The summed E-state index contributed by atoms with van der Waals surface area (Å²) in [5.74, 6) is 0. The first kappa shape index (κ1) is 11.7. The molecule has 3 N–H and O–H groups in total. The lowest BCUT2D eigenvalue weighted by Gasteiger charge is -2.12. The summed E-state index contributed by atoms with van der Waals surface area (Å²) in [7, 11) is 0. The lowest BCUT2D eigenvalue weighted by molar-refractivity contribution is -0.136. The molecule has 2 aromatic rings. The van der Waals surface area contributed by atoms with Gasteiger partial charge in [0.2, 0.25) is 0 Å². The number of fused-ring (bicyclic) bond motifs is 1. The second kappa shape index (κ2) is 3.89. The number of nitrogens with zero attached hydrogens (tertiary/aromatic N) is 1. The summed E-state index contributed by atoms with van der Waals surface area (Å²) in [6, 6.07) is 3.68. The Morgan fingerprint density at radius 2 is 2.00 bits per heavy atom. The van der Waals surface area contributed by atoms with E-state index in [2.05, 4.69) is 4.98 Å². The summed E-state index contributed by atoms with van der Waals surface area (Å²) in [5.41, 5.74) is 4.97. The Labute approximate surface area is 94.7 Å². The highest BCUT2D eigenvalue weighted by Crippen LogP contribution is 2.35. The molecule has 0 aliphatic heterocycles. The van der Waals surface area contributed by atoms with Crippen LogP contribution in [-0.4, -0.2) is 10.1 Å². The fourth-order valence-corrected chi connectivity index (χ4v) is 1.70. The standard InChI is InChI=1S/C11H9F3N2O/c12-11(13,14)8-3-1-2-6-7(5-17)9(15)4-16-10(6)8/h1-4,17H,5,15H2. The summed E-state index contributed by atoms with van der Waals surface area (Å²) in [5, 5.41) is 9.35. The second-order valence-corrected chi connectivity index (χ2v) is 3.55. The number of nitrogens with two attached hydrogens (primary N) is 1. The third-order valence-corrected chi connectivity index (χ3v) is 2.51. The number of nitrogen functional groups attached to an aromatic ring is 1. The van der Waals surface area contributed by atoms with Crippen molar-refractivity contribution in [3.8, 4) is 0 Å². The van der Waals surface area contributed by atoms with Gasteiger partial charge in [-0.1, -0.05) is 12.1 Å². The Bertz CT molecular complexity index is 566. The molecular formula is C11H9F3N2O. The molecule has 0 radical (unpaired) electrons. The van der Waals surface area contributed by atoms with Crippen LogP contribution in [0.25, 0.3) is 10.9 Å². The first-order valence-corrected chi connectivity index (χ1v) is 4.79. The van der Waals surface area contributed by atoms with Crippen LogP contribution < -0.4 is 5.73 Å². The molecule has 1 aromatic heterocycles. The Kier molecular flexibility index (Phi) is 2.66. The molecule has 0 aliphatic rings. The third kappa shape index (κ3) is 1.91. The zero-order chi connectivity index (χ0) is 12.6. The number of aliphatic hydroxyl groups is 1. The fourth-order valence-electron chi connectivity index (χ4n) is 1.70. The molecule has 0 atom stereocenters. The van der Waals surface area contributed by atoms with Crippen molar-refractivity contribution >= 4 is 16.6 Å². The van der Waals surface area contributed by atoms with Gasteiger partial charge in [-0.05, 0) is 6.07 Å². The lowest BCUT2D eigenvalue weighted by atomic mass is 10.0. The minimum Gasteiger partial charge on any atom is -0.397 e. The first-order chi connectivity index (χ1) is 7.95. The van der Waals surface area contributed by atoms with Crippen molar-refractivity contribution in [2.45, 2.75) is 12.8 Å². The lowest BCUT2D eigenvalue weighted by Crippen LogP contribution is -2.08. The second-order valence-electron chi connectivity index (χ2n) is 3.55. The van der Waals surface area contributed by atoms with Crippen molar-refractivity contribution in [2.24, 2.45) is 0 Å². The van der Waals surface area contributed by atoms with Crippen LogP contribution in [-0.2, 0) is 12.8 Å². The number of halogens is 3. The van der Waals surface area contributed by atoms with Crippen LogP contribution in [0, 0.1) is 0 Å². The van der Waals surface area contributed by atoms with Crippen LogP contribution >= 0.6 is 0 Å². The van der Waals surface area contributed by atoms with E-state index in [9.17, 15) is 13.2 Å². The Morgan fingerprint density at radius 3 is 2.59 bits per heavy atom. The molecule has 2 rings (SSSR count). The zero-order valence-electron chi connectivity index (χ0n) is 8.62. The van der Waals surface area contributed by atoms with E-state index >= 15 is 0 Å². The van der Waals surface area contributed by atoms with E-state index in [1.807, 2.05) is 0 Å². The minimum atomic E-state index is -4.48. The SMILES string of the molecule is Nc1cnc2c(C(F)(F)F)cccc2c1CO. The van der Waals surface area contributed by atoms with Gasteiger partial charge >= 0.3 is 6.18 Å². The molecule has 0 aliphatic carbocycles. The van der Waals surface area contributed by atoms with E-state index < -0.39 is 18.3 Å². The predicted molar refractivity (Wildman–Crippen MR) is 57.1 cm³/mol. The van der Waals surface area contributed by atoms with Gasteiger partial charge in [0.25, 0.3) is 0 Å². The van der Waals surface area contributed by atoms with E-state index in [1.54, 1.807) is 0 Å². The molecular weight excluding hydrogens is 233 g/mol. The van der Waals surface area contributed by atoms with Gasteiger partial charge in [0.05, 0.1) is 29.6 Å². The molecule has 3 nitrogen and oxygen atoms in total. The summed E-state index contributed by atoms with van der Waals surface area (Å²) >= 11 is 0. The number of benzene rings is 1. The van der Waals surface area contributed by atoms with Gasteiger partial charge in [-0.3, -0.25) is 4.98 Å². The minimum absolute atomic E-state index is 0.180. The van der Waals surface area contributed by atoms with Crippen LogP contribution in [0.2, 0.25) is 0 Å². The smallest absolute Gasteiger partial charge is 0.397 e. The molecule has 0 bridgehead atoms. The summed E-state index contributed by atoms with van der Waals surface area (Å²) in [6.07, 6.45) is -3.35. The molecule has 0 unspecified atom stereocenters. The van der Waals surface area contributed by atoms with Gasteiger partial charge in [0.15, 0.2) is 0 Å². The van der Waals surface area contributed by atoms with Crippen LogP contribution in [0.4, 0.5) is 18.9 Å². The Hall–Kier alpha value is -1.82. The molecule has 0 saturated carbocycles. The maximum absolute atomic E-state index is 12.7. The van der Waals surface area contributed by atoms with Crippen LogP contribution in [0.1, 0.15) is 11.1 Å². The van der Waals surface area contributed by atoms with E-state index in [0.717, 1.165) is 12.3 Å². The average molecular weight is 242 g/mol. The number of rotatable bonds is 1. The predicted octanol–water partition coefficient (Wildman–Crippen LogP) is 2.33. The highest BCUT2D eigenvalue weighted by molar-refractivity contribution is 5.88. The normalized spacial score (nSPS) is 12.0. The molecule has 0 saturated heterocycles. The molecule has 17 heavy (non-hydrogen) atoms. The maximum atomic E-state index is 12.7. The van der Waals surface area contributed by atoms with Gasteiger partial charge in [-0.2, -0.15) is 13.2 Å². The highest BCUT2D eigenvalue weighted by Gasteiger charge is 2.33. The van der Waals surface area contributed by atoms with E-state index in [0.29, 0.717) is 0 Å². The Morgan fingerprint density at radius 1 is 1.29 bits per heavy atom. The van der Waals surface area contributed by atoms with Crippen LogP contribution in [0.5, 0.6) is 0 Å². The first-order valence-electron chi connectivity index (χ1n) is 4.79. The average Bonchev–Trinajstić information content (AvgIpc) is 2.26. The Balaban J connectivity index is 2.84. The number of aliphatic hydroxyl groups excluding tert-OH is 1. The maximum Gasteiger partial charge on any atom is 0.418 e. The number of para-hydroxylation sites is 1. The number of alkyl halides is 3. The molecule has 6 heteroatoms. The highest BCUT2D eigenvalue weighted by atomic mass is 19.4. The van der Waals surface area contributed by atoms with Crippen molar-refractivity contribution in [3.63, 3.8) is 0 Å². The quantitative estimate of drug-likeness (QED) is 0.806.